The van der Waals surface area contributed by atoms with E-state index in [1.807, 2.05) is 12.1 Å². The Morgan fingerprint density at radius 1 is 1.19 bits per heavy atom. The van der Waals surface area contributed by atoms with Crippen LogP contribution < -0.4 is 14.8 Å². The van der Waals surface area contributed by atoms with Gasteiger partial charge >= 0.3 is 0 Å². The number of nitrogens with one attached hydrogen (secondary N) is 1. The molecule has 3 rings (SSSR count). The van der Waals surface area contributed by atoms with Crippen molar-refractivity contribution < 1.29 is 14.2 Å². The van der Waals surface area contributed by atoms with Crippen molar-refractivity contribution in [3.05, 3.63) is 35.4 Å². The number of allylic oxidation sites excluding steroid dienone is 1. The highest BCUT2D eigenvalue weighted by atomic mass is 32.1. The second-order valence-corrected chi connectivity index (χ2v) is 8.88. The predicted molar refractivity (Wildman–Crippen MR) is 134 cm³/mol. The molecule has 0 amide bonds. The maximum Gasteiger partial charge on any atom is 0.169 e. The average Bonchev–Trinajstić information content (AvgIpc) is 2.84. The van der Waals surface area contributed by atoms with E-state index in [9.17, 15) is 0 Å². The van der Waals surface area contributed by atoms with Crippen LogP contribution in [0.2, 0.25) is 0 Å². The van der Waals surface area contributed by atoms with Crippen LogP contribution in [0.4, 0.5) is 0 Å². The molecule has 1 aliphatic carbocycles. The summed E-state index contributed by atoms with van der Waals surface area (Å²) >= 11 is 5.84. The monoisotopic (exact) mass is 461 g/mol. The largest absolute Gasteiger partial charge is 0.497 e. The van der Waals surface area contributed by atoms with Gasteiger partial charge in [-0.1, -0.05) is 11.6 Å². The molecule has 0 aromatic heterocycles. The van der Waals surface area contributed by atoms with E-state index >= 15 is 0 Å². The first-order valence-corrected chi connectivity index (χ1v) is 12.3. The molecule has 32 heavy (non-hydrogen) atoms. The van der Waals surface area contributed by atoms with E-state index in [-0.39, 0.29) is 0 Å². The van der Waals surface area contributed by atoms with Crippen molar-refractivity contribution in [3.63, 3.8) is 0 Å². The van der Waals surface area contributed by atoms with Gasteiger partial charge in [0.25, 0.3) is 0 Å². The van der Waals surface area contributed by atoms with Gasteiger partial charge in [0.15, 0.2) is 5.11 Å². The van der Waals surface area contributed by atoms with Crippen LogP contribution in [0.3, 0.4) is 0 Å². The highest BCUT2D eigenvalue weighted by molar-refractivity contribution is 7.80. The van der Waals surface area contributed by atoms with Gasteiger partial charge in [-0.05, 0) is 62.9 Å². The van der Waals surface area contributed by atoms with E-state index < -0.39 is 0 Å². The summed E-state index contributed by atoms with van der Waals surface area (Å²) in [4.78, 5) is 4.75. The maximum atomic E-state index is 5.84. The number of ether oxygens (including phenoxy) is 3. The Kier molecular flexibility index (Phi) is 10.6. The van der Waals surface area contributed by atoms with Crippen LogP contribution in [0.5, 0.6) is 11.5 Å². The number of hydrogen-bond acceptors (Lipinski definition) is 5. The average molecular weight is 462 g/mol. The minimum Gasteiger partial charge on any atom is -0.497 e. The smallest absolute Gasteiger partial charge is 0.169 e. The van der Waals surface area contributed by atoms with Crippen molar-refractivity contribution >= 4 is 17.3 Å². The van der Waals surface area contributed by atoms with Crippen molar-refractivity contribution in [2.24, 2.45) is 0 Å². The van der Waals surface area contributed by atoms with E-state index in [0.29, 0.717) is 6.54 Å². The number of nitrogens with zero attached hydrogens (tertiary/aromatic N) is 2. The zero-order valence-electron chi connectivity index (χ0n) is 19.7. The molecule has 1 aromatic carbocycles. The fourth-order valence-electron chi connectivity index (χ4n) is 4.32. The van der Waals surface area contributed by atoms with Gasteiger partial charge in [0.2, 0.25) is 0 Å². The predicted octanol–water partition coefficient (Wildman–Crippen LogP) is 3.99. The molecule has 178 valence electrons. The first-order valence-electron chi connectivity index (χ1n) is 11.9. The Bertz CT molecular complexity index is 750. The fraction of sp³-hybridized carbons (Fsp3) is 0.640. The van der Waals surface area contributed by atoms with Crippen molar-refractivity contribution in [2.45, 2.75) is 45.1 Å². The van der Waals surface area contributed by atoms with Gasteiger partial charge < -0.3 is 24.4 Å². The summed E-state index contributed by atoms with van der Waals surface area (Å²) in [6.45, 7) is 7.28. The number of methoxy groups -OCH3 is 2. The molecule has 7 heteroatoms. The SMILES string of the molecule is COc1ccc(CN(CCCN2CCOCC2)C(=S)NCCC2=CCCCC2)c(OC)c1. The number of benzene rings is 1. The van der Waals surface area contributed by atoms with Crippen LogP contribution >= 0.6 is 12.2 Å². The topological polar surface area (TPSA) is 46.2 Å². The van der Waals surface area contributed by atoms with E-state index in [0.717, 1.165) is 81.0 Å². The molecular weight excluding hydrogens is 422 g/mol. The van der Waals surface area contributed by atoms with Crippen molar-refractivity contribution in [3.8, 4) is 11.5 Å². The van der Waals surface area contributed by atoms with Gasteiger partial charge in [0.1, 0.15) is 11.5 Å². The molecule has 1 fully saturated rings. The van der Waals surface area contributed by atoms with Gasteiger partial charge in [-0.3, -0.25) is 4.90 Å². The second kappa shape index (κ2) is 13.7. The molecule has 1 aliphatic heterocycles. The molecule has 2 aliphatic rings. The summed E-state index contributed by atoms with van der Waals surface area (Å²) in [5.41, 5.74) is 2.68. The highest BCUT2D eigenvalue weighted by Crippen LogP contribution is 2.26. The van der Waals surface area contributed by atoms with Crippen LogP contribution in [-0.2, 0) is 11.3 Å². The lowest BCUT2D eigenvalue weighted by Crippen LogP contribution is -2.42. The molecule has 0 spiro atoms. The maximum absolute atomic E-state index is 5.84. The summed E-state index contributed by atoms with van der Waals surface area (Å²) in [5, 5.41) is 4.34. The first-order chi connectivity index (χ1) is 15.7. The van der Waals surface area contributed by atoms with Crippen LogP contribution in [0.15, 0.2) is 29.8 Å². The molecule has 0 radical (unpaired) electrons. The fourth-order valence-corrected chi connectivity index (χ4v) is 4.58. The zero-order valence-corrected chi connectivity index (χ0v) is 20.6. The lowest BCUT2D eigenvalue weighted by molar-refractivity contribution is 0.0367. The Morgan fingerprint density at radius 2 is 2.03 bits per heavy atom. The van der Waals surface area contributed by atoms with Crippen LogP contribution in [0.25, 0.3) is 0 Å². The third-order valence-electron chi connectivity index (χ3n) is 6.26. The molecule has 1 N–H and O–H groups in total. The van der Waals surface area contributed by atoms with E-state index in [1.165, 1.54) is 25.7 Å². The summed E-state index contributed by atoms with van der Waals surface area (Å²) in [6, 6.07) is 5.99. The van der Waals surface area contributed by atoms with Gasteiger partial charge in [0.05, 0.1) is 27.4 Å². The summed E-state index contributed by atoms with van der Waals surface area (Å²) in [7, 11) is 3.38. The third kappa shape index (κ3) is 7.94. The molecule has 0 bridgehead atoms. The van der Waals surface area contributed by atoms with Crippen LogP contribution in [-0.4, -0.2) is 75.1 Å². The third-order valence-corrected chi connectivity index (χ3v) is 6.66. The van der Waals surface area contributed by atoms with Gasteiger partial charge in [-0.25, -0.2) is 0 Å². The van der Waals surface area contributed by atoms with Crippen LogP contribution in [0, 0.1) is 0 Å². The molecule has 6 nitrogen and oxygen atoms in total. The lowest BCUT2D eigenvalue weighted by atomic mass is 9.97. The zero-order chi connectivity index (χ0) is 22.6. The molecule has 1 saturated heterocycles. The molecule has 1 heterocycles. The van der Waals surface area contributed by atoms with E-state index in [4.69, 9.17) is 26.4 Å². The quantitative estimate of drug-likeness (QED) is 0.395. The van der Waals surface area contributed by atoms with Gasteiger partial charge in [-0.2, -0.15) is 0 Å². The van der Waals surface area contributed by atoms with Crippen molar-refractivity contribution in [2.75, 3.05) is 60.2 Å². The second-order valence-electron chi connectivity index (χ2n) is 8.50. The minimum atomic E-state index is 0.713. The Balaban J connectivity index is 1.58. The number of morpholine rings is 1. The standard InChI is InChI=1S/C25H39N3O3S/c1-29-23-10-9-22(24(19-23)30-2)20-28(14-6-13-27-15-17-31-18-16-27)25(32)26-12-11-21-7-4-3-5-8-21/h7,9-10,19H,3-6,8,11-18,20H2,1-2H3,(H,26,32). The number of rotatable bonds is 11. The molecule has 0 atom stereocenters. The van der Waals surface area contributed by atoms with Crippen LogP contribution in [0.1, 0.15) is 44.1 Å². The van der Waals surface area contributed by atoms with Crippen molar-refractivity contribution in [1.82, 2.24) is 15.1 Å². The van der Waals surface area contributed by atoms with E-state index in [1.54, 1.807) is 19.8 Å². The lowest BCUT2D eigenvalue weighted by Gasteiger charge is -2.30. The molecule has 0 unspecified atom stereocenters. The van der Waals surface area contributed by atoms with Gasteiger partial charge in [0, 0.05) is 50.9 Å². The Hall–Kier alpha value is -1.83. The summed E-state index contributed by atoms with van der Waals surface area (Å²) in [5.74, 6) is 1.63. The Morgan fingerprint density at radius 3 is 2.75 bits per heavy atom. The number of thiocarbonyl (C=S) groups is 1. The highest BCUT2D eigenvalue weighted by Gasteiger charge is 2.16. The normalized spacial score (nSPS) is 16.9. The van der Waals surface area contributed by atoms with Crippen molar-refractivity contribution in [1.29, 1.82) is 0 Å². The van der Waals surface area contributed by atoms with E-state index in [2.05, 4.69) is 27.3 Å². The first kappa shape index (κ1) is 24.8. The Labute approximate surface area is 198 Å². The number of hydrogen-bond donors (Lipinski definition) is 1. The minimum absolute atomic E-state index is 0.713. The summed E-state index contributed by atoms with van der Waals surface area (Å²) in [6.07, 6.45) is 9.66. The molecule has 1 aromatic rings. The summed E-state index contributed by atoms with van der Waals surface area (Å²) < 4.78 is 16.5. The van der Waals surface area contributed by atoms with Gasteiger partial charge in [-0.15, -0.1) is 0 Å². The molecule has 0 saturated carbocycles. The molecular formula is C25H39N3O3S.